The minimum atomic E-state index is -1.15. The quantitative estimate of drug-likeness (QED) is 0.516. The molecule has 0 bridgehead atoms. The molecule has 0 unspecified atom stereocenters. The molecule has 0 aliphatic heterocycles. The van der Waals surface area contributed by atoms with Gasteiger partial charge < -0.3 is 14.8 Å². The SMILES string of the molecule is O=C(/C=C/c1ccc(-c2ccc(F)c(Cl)c2)o1)Nc1ccc(C(=O)O)c(Cl)c1. The number of furan rings is 1. The van der Waals surface area contributed by atoms with Crippen LogP contribution in [-0.4, -0.2) is 17.0 Å². The largest absolute Gasteiger partial charge is 0.478 e. The van der Waals surface area contributed by atoms with E-state index in [1.54, 1.807) is 12.1 Å². The molecule has 1 heterocycles. The highest BCUT2D eigenvalue weighted by molar-refractivity contribution is 6.34. The van der Waals surface area contributed by atoms with Crippen molar-refractivity contribution < 1.29 is 23.5 Å². The van der Waals surface area contributed by atoms with Crippen LogP contribution < -0.4 is 5.32 Å². The van der Waals surface area contributed by atoms with E-state index in [0.717, 1.165) is 0 Å². The lowest BCUT2D eigenvalue weighted by atomic mass is 10.2. The van der Waals surface area contributed by atoms with Gasteiger partial charge in [-0.2, -0.15) is 0 Å². The maximum atomic E-state index is 13.2. The smallest absolute Gasteiger partial charge is 0.337 e. The predicted molar refractivity (Wildman–Crippen MR) is 105 cm³/mol. The fourth-order valence-corrected chi connectivity index (χ4v) is 2.80. The van der Waals surface area contributed by atoms with Crippen LogP contribution in [0.1, 0.15) is 16.1 Å². The van der Waals surface area contributed by atoms with Gasteiger partial charge in [-0.15, -0.1) is 0 Å². The molecule has 5 nitrogen and oxygen atoms in total. The summed E-state index contributed by atoms with van der Waals surface area (Å²) in [6.45, 7) is 0. The molecule has 2 aromatic carbocycles. The fraction of sp³-hybridized carbons (Fsp3) is 0. The number of rotatable bonds is 5. The number of benzene rings is 2. The van der Waals surface area contributed by atoms with Crippen LogP contribution in [0.15, 0.2) is 59.0 Å². The van der Waals surface area contributed by atoms with Crippen molar-refractivity contribution in [3.05, 3.63) is 81.8 Å². The Balaban J connectivity index is 1.68. The molecule has 28 heavy (non-hydrogen) atoms. The first-order chi connectivity index (χ1) is 13.3. The molecule has 8 heteroatoms. The van der Waals surface area contributed by atoms with Gasteiger partial charge in [-0.3, -0.25) is 4.79 Å². The third kappa shape index (κ3) is 4.60. The molecule has 0 aliphatic rings. The van der Waals surface area contributed by atoms with Crippen LogP contribution in [0.3, 0.4) is 0 Å². The summed E-state index contributed by atoms with van der Waals surface area (Å²) in [5.74, 6) is -1.26. The maximum absolute atomic E-state index is 13.2. The van der Waals surface area contributed by atoms with Crippen LogP contribution in [0.25, 0.3) is 17.4 Å². The lowest BCUT2D eigenvalue weighted by Gasteiger charge is -2.04. The molecule has 0 atom stereocenters. The lowest BCUT2D eigenvalue weighted by Crippen LogP contribution is -2.08. The Bertz CT molecular complexity index is 1090. The van der Waals surface area contributed by atoms with Gasteiger partial charge in [0.25, 0.3) is 0 Å². The average Bonchev–Trinajstić information content (AvgIpc) is 3.11. The topological polar surface area (TPSA) is 79.5 Å². The summed E-state index contributed by atoms with van der Waals surface area (Å²) in [5, 5.41) is 11.5. The monoisotopic (exact) mass is 419 g/mol. The van der Waals surface area contributed by atoms with Gasteiger partial charge in [0.05, 0.1) is 15.6 Å². The van der Waals surface area contributed by atoms with Crippen molar-refractivity contribution in [1.29, 1.82) is 0 Å². The number of hydrogen-bond acceptors (Lipinski definition) is 3. The van der Waals surface area contributed by atoms with Crippen molar-refractivity contribution in [2.45, 2.75) is 0 Å². The summed E-state index contributed by atoms with van der Waals surface area (Å²) >= 11 is 11.6. The minimum absolute atomic E-state index is 0.0158. The van der Waals surface area contributed by atoms with E-state index >= 15 is 0 Å². The van der Waals surface area contributed by atoms with E-state index in [4.69, 9.17) is 32.7 Å². The van der Waals surface area contributed by atoms with E-state index in [1.807, 2.05) is 0 Å². The Morgan fingerprint density at radius 3 is 2.50 bits per heavy atom. The Kier molecular flexibility index (Phi) is 5.82. The Labute approximate surface area is 169 Å². The Morgan fingerprint density at radius 2 is 1.82 bits per heavy atom. The average molecular weight is 420 g/mol. The molecule has 2 N–H and O–H groups in total. The van der Waals surface area contributed by atoms with Crippen molar-refractivity contribution in [1.82, 2.24) is 0 Å². The predicted octanol–water partition coefficient (Wildman–Crippen LogP) is 5.74. The van der Waals surface area contributed by atoms with Crippen molar-refractivity contribution in [2.24, 2.45) is 0 Å². The van der Waals surface area contributed by atoms with Crippen molar-refractivity contribution in [3.63, 3.8) is 0 Å². The van der Waals surface area contributed by atoms with Crippen LogP contribution in [0.5, 0.6) is 0 Å². The third-order valence-corrected chi connectivity index (χ3v) is 4.30. The molecule has 3 rings (SSSR count). The first kappa shape index (κ1) is 19.7. The first-order valence-corrected chi connectivity index (χ1v) is 8.66. The highest BCUT2D eigenvalue weighted by atomic mass is 35.5. The summed E-state index contributed by atoms with van der Waals surface area (Å²) in [7, 11) is 0. The summed E-state index contributed by atoms with van der Waals surface area (Å²) in [5.41, 5.74) is 0.897. The zero-order chi connectivity index (χ0) is 20.3. The van der Waals surface area contributed by atoms with Gasteiger partial charge in [0, 0.05) is 17.3 Å². The number of nitrogens with one attached hydrogen (secondary N) is 1. The van der Waals surface area contributed by atoms with Crippen molar-refractivity contribution >= 4 is 46.8 Å². The molecule has 0 radical (unpaired) electrons. The second-order valence-corrected chi connectivity index (χ2v) is 6.47. The van der Waals surface area contributed by atoms with Gasteiger partial charge in [0.1, 0.15) is 17.3 Å². The van der Waals surface area contributed by atoms with E-state index in [1.165, 1.54) is 48.6 Å². The van der Waals surface area contributed by atoms with Crippen LogP contribution in [0.2, 0.25) is 10.0 Å². The minimum Gasteiger partial charge on any atom is -0.478 e. The highest BCUT2D eigenvalue weighted by Crippen LogP contribution is 2.27. The van der Waals surface area contributed by atoms with Crippen molar-refractivity contribution in [3.8, 4) is 11.3 Å². The van der Waals surface area contributed by atoms with Crippen LogP contribution in [0, 0.1) is 5.82 Å². The lowest BCUT2D eigenvalue weighted by molar-refractivity contribution is -0.111. The molecule has 0 fully saturated rings. The Hall–Kier alpha value is -3.09. The van der Waals surface area contributed by atoms with E-state index in [0.29, 0.717) is 22.8 Å². The second-order valence-electron chi connectivity index (χ2n) is 5.65. The molecule has 142 valence electrons. The van der Waals surface area contributed by atoms with E-state index in [2.05, 4.69) is 5.32 Å². The van der Waals surface area contributed by atoms with Gasteiger partial charge in [-0.25, -0.2) is 9.18 Å². The van der Waals surface area contributed by atoms with E-state index < -0.39 is 17.7 Å². The molecule has 0 saturated heterocycles. The molecule has 0 aliphatic carbocycles. The van der Waals surface area contributed by atoms with Crippen LogP contribution >= 0.6 is 23.2 Å². The molecule has 0 saturated carbocycles. The number of carbonyl (C=O) groups is 2. The number of carbonyl (C=O) groups excluding carboxylic acids is 1. The van der Waals surface area contributed by atoms with Crippen molar-refractivity contribution in [2.75, 3.05) is 5.32 Å². The standard InChI is InChI=1S/C20H12Cl2FNO4/c21-15-10-12(2-5-14(15)20(26)27)24-19(25)8-4-13-3-7-18(28-13)11-1-6-17(23)16(22)9-11/h1-10H,(H,24,25)(H,26,27)/b8-4+. The number of amides is 1. The molecule has 0 spiro atoms. The number of anilines is 1. The van der Waals surface area contributed by atoms with E-state index in [9.17, 15) is 14.0 Å². The molecule has 1 amide bonds. The molecular weight excluding hydrogens is 408 g/mol. The van der Waals surface area contributed by atoms with Gasteiger partial charge in [-0.05, 0) is 54.6 Å². The normalized spacial score (nSPS) is 11.0. The maximum Gasteiger partial charge on any atom is 0.337 e. The first-order valence-electron chi connectivity index (χ1n) is 7.90. The van der Waals surface area contributed by atoms with Gasteiger partial charge in [-0.1, -0.05) is 23.2 Å². The molecule has 1 aromatic heterocycles. The second kappa shape index (κ2) is 8.29. The fourth-order valence-electron chi connectivity index (χ4n) is 2.36. The van der Waals surface area contributed by atoms with Gasteiger partial charge in [0.15, 0.2) is 0 Å². The summed E-state index contributed by atoms with van der Waals surface area (Å²) in [4.78, 5) is 23.0. The van der Waals surface area contributed by atoms with Crippen LogP contribution in [0.4, 0.5) is 10.1 Å². The van der Waals surface area contributed by atoms with E-state index in [-0.39, 0.29) is 15.6 Å². The number of carboxylic acid groups (broad SMARTS) is 1. The number of carboxylic acids is 1. The van der Waals surface area contributed by atoms with Crippen LogP contribution in [-0.2, 0) is 4.79 Å². The Morgan fingerprint density at radius 1 is 1.04 bits per heavy atom. The van der Waals surface area contributed by atoms with Gasteiger partial charge >= 0.3 is 5.97 Å². The number of hydrogen-bond donors (Lipinski definition) is 2. The zero-order valence-electron chi connectivity index (χ0n) is 14.1. The van der Waals surface area contributed by atoms with Gasteiger partial charge in [0.2, 0.25) is 5.91 Å². The summed E-state index contributed by atoms with van der Waals surface area (Å²) < 4.78 is 18.8. The summed E-state index contributed by atoms with van der Waals surface area (Å²) in [6.07, 6.45) is 2.70. The molecule has 3 aromatic rings. The number of halogens is 3. The number of aromatic carboxylic acids is 1. The highest BCUT2D eigenvalue weighted by Gasteiger charge is 2.10. The zero-order valence-corrected chi connectivity index (χ0v) is 15.6. The third-order valence-electron chi connectivity index (χ3n) is 3.70. The molecular formula is C20H12Cl2FNO4. The summed E-state index contributed by atoms with van der Waals surface area (Å²) in [6, 6.07) is 11.6.